The van der Waals surface area contributed by atoms with Gasteiger partial charge in [0.25, 0.3) is 0 Å². The Morgan fingerprint density at radius 3 is 2.30 bits per heavy atom. The fraction of sp³-hybridized carbons (Fsp3) is 0.667. The van der Waals surface area contributed by atoms with Gasteiger partial charge in [-0.15, -0.1) is 6.58 Å². The number of alkyl carbamates (subject to hydrolysis) is 1. The van der Waals surface area contributed by atoms with Crippen LogP contribution in [0.1, 0.15) is 91.5 Å². The molecule has 3 unspecified atom stereocenters. The van der Waals surface area contributed by atoms with Gasteiger partial charge in [-0.05, 0) is 62.1 Å². The van der Waals surface area contributed by atoms with Crippen LogP contribution in [0.15, 0.2) is 30.9 Å². The Hall–Kier alpha value is -3.82. The molecular formula is C36H53F3N5O9P. The van der Waals surface area contributed by atoms with Crippen molar-refractivity contribution in [3.63, 3.8) is 0 Å². The Morgan fingerprint density at radius 1 is 1.09 bits per heavy atom. The molecule has 2 saturated heterocycles. The normalized spacial score (nSPS) is 24.2. The molecule has 0 spiro atoms. The zero-order valence-electron chi connectivity index (χ0n) is 31.4. The van der Waals surface area contributed by atoms with Crippen molar-refractivity contribution in [1.29, 1.82) is 0 Å². The number of alkyl halides is 3. The third-order valence-electron chi connectivity index (χ3n) is 10.2. The number of ether oxygens (including phenoxy) is 2. The van der Waals surface area contributed by atoms with Crippen LogP contribution in [0.3, 0.4) is 0 Å². The molecule has 18 heteroatoms. The lowest BCUT2D eigenvalue weighted by Crippen LogP contribution is -2.58. The van der Waals surface area contributed by atoms with Crippen LogP contribution in [0, 0.1) is 11.3 Å². The summed E-state index contributed by atoms with van der Waals surface area (Å²) < 4.78 is 64.8. The SMILES string of the molecule is C=CC1CC1(NC(=O)[C@@H]1C[C@@H](OC(=O)Nc2cc(C(F)(F)F)ccc2N2CCCCC2)CN1C(=O)[C@@H](NC(=O)OC(CC)CCC)C(C)(C)C)P(=O)(O)O. The molecule has 5 N–H and O–H groups in total. The largest absolute Gasteiger partial charge is 0.446 e. The van der Waals surface area contributed by atoms with Crippen LogP contribution in [0.5, 0.6) is 0 Å². The number of amides is 4. The number of hydrogen-bond donors (Lipinski definition) is 5. The van der Waals surface area contributed by atoms with Crippen LogP contribution in [0.4, 0.5) is 34.1 Å². The number of nitrogens with zero attached hydrogens (tertiary/aromatic N) is 2. The van der Waals surface area contributed by atoms with Gasteiger partial charge in [-0.2, -0.15) is 13.2 Å². The summed E-state index contributed by atoms with van der Waals surface area (Å²) in [6.45, 7) is 13.2. The van der Waals surface area contributed by atoms with E-state index in [1.165, 1.54) is 12.1 Å². The zero-order valence-corrected chi connectivity index (χ0v) is 32.3. The molecule has 302 valence electrons. The molecule has 1 aliphatic carbocycles. The van der Waals surface area contributed by atoms with E-state index < -0.39 is 84.2 Å². The third kappa shape index (κ3) is 10.1. The number of halogens is 3. The van der Waals surface area contributed by atoms with Crippen LogP contribution in [0.2, 0.25) is 0 Å². The molecule has 6 atom stereocenters. The quantitative estimate of drug-likeness (QED) is 0.115. The first kappa shape index (κ1) is 42.9. The molecule has 4 rings (SSSR count). The van der Waals surface area contributed by atoms with Gasteiger partial charge in [0.05, 0.1) is 23.5 Å². The maximum Gasteiger partial charge on any atom is 0.416 e. The lowest BCUT2D eigenvalue weighted by Gasteiger charge is -2.35. The lowest BCUT2D eigenvalue weighted by molar-refractivity contribution is -0.142. The summed E-state index contributed by atoms with van der Waals surface area (Å²) in [5, 5.41) is 5.54. The Kier molecular flexibility index (Phi) is 13.4. The highest BCUT2D eigenvalue weighted by molar-refractivity contribution is 7.54. The minimum atomic E-state index is -4.92. The molecule has 3 fully saturated rings. The van der Waals surface area contributed by atoms with Gasteiger partial charge in [-0.1, -0.05) is 47.1 Å². The monoisotopic (exact) mass is 787 g/mol. The number of anilines is 2. The lowest BCUT2D eigenvalue weighted by atomic mass is 9.85. The van der Waals surface area contributed by atoms with Crippen molar-refractivity contribution in [2.75, 3.05) is 29.9 Å². The number of likely N-dealkylation sites (tertiary alicyclic amines) is 1. The molecule has 54 heavy (non-hydrogen) atoms. The smallest absolute Gasteiger partial charge is 0.416 e. The van der Waals surface area contributed by atoms with E-state index in [4.69, 9.17) is 9.47 Å². The van der Waals surface area contributed by atoms with Gasteiger partial charge in [0, 0.05) is 25.4 Å². The molecule has 4 amide bonds. The van der Waals surface area contributed by atoms with Gasteiger partial charge < -0.3 is 39.7 Å². The highest BCUT2D eigenvalue weighted by Crippen LogP contribution is 2.67. The first-order valence-electron chi connectivity index (χ1n) is 18.4. The van der Waals surface area contributed by atoms with E-state index in [2.05, 4.69) is 22.5 Å². The van der Waals surface area contributed by atoms with E-state index >= 15 is 0 Å². The fourth-order valence-corrected chi connectivity index (χ4v) is 8.31. The summed E-state index contributed by atoms with van der Waals surface area (Å²) >= 11 is 0. The van der Waals surface area contributed by atoms with Crippen molar-refractivity contribution < 1.29 is 56.2 Å². The second-order valence-corrected chi connectivity index (χ2v) is 17.2. The van der Waals surface area contributed by atoms with Gasteiger partial charge >= 0.3 is 26.0 Å². The molecule has 1 saturated carbocycles. The van der Waals surface area contributed by atoms with Gasteiger partial charge in [0.15, 0.2) is 0 Å². The Morgan fingerprint density at radius 2 is 1.76 bits per heavy atom. The minimum absolute atomic E-state index is 0.0970. The van der Waals surface area contributed by atoms with Gasteiger partial charge in [-0.25, -0.2) is 9.59 Å². The third-order valence-corrected chi connectivity index (χ3v) is 11.9. The van der Waals surface area contributed by atoms with Gasteiger partial charge in [-0.3, -0.25) is 19.5 Å². The standard InChI is InChI=1S/C36H53F3N5O9P/c1-7-13-24(9-3)52-33(48)41-29(34(4,5)6)31(46)44-21-25(19-28(44)30(45)42-35(54(49,50)51)20-22(35)8-2)53-32(47)40-26-18-23(36(37,38)39)14-15-27(26)43-16-11-10-12-17-43/h8,14-15,18,22,24-25,28-29H,2,7,9-13,16-17,19-21H2,1,3-6H3,(H,40,47)(H,41,48)(H,42,45)(H2,49,50,51)/t22?,24?,25-,28+,29-,35?/m1/s1. The average molecular weight is 788 g/mol. The van der Waals surface area contributed by atoms with Crippen LogP contribution in [-0.2, 0) is 29.8 Å². The summed E-state index contributed by atoms with van der Waals surface area (Å²) in [5.41, 5.74) is -1.68. The first-order valence-corrected chi connectivity index (χ1v) is 20.0. The van der Waals surface area contributed by atoms with Crippen molar-refractivity contribution in [2.24, 2.45) is 11.3 Å². The molecule has 2 heterocycles. The minimum Gasteiger partial charge on any atom is -0.446 e. The van der Waals surface area contributed by atoms with Crippen LogP contribution < -0.4 is 20.9 Å². The molecule has 3 aliphatic rings. The summed E-state index contributed by atoms with van der Waals surface area (Å²) in [6, 6.07) is 0.366. The van der Waals surface area contributed by atoms with Crippen molar-refractivity contribution in [3.05, 3.63) is 36.4 Å². The van der Waals surface area contributed by atoms with Crippen LogP contribution in [0.25, 0.3) is 0 Å². The maximum absolute atomic E-state index is 14.3. The first-order chi connectivity index (χ1) is 25.1. The highest BCUT2D eigenvalue weighted by atomic mass is 31.2. The van der Waals surface area contributed by atoms with Crippen LogP contribution >= 0.6 is 7.60 Å². The van der Waals surface area contributed by atoms with Crippen molar-refractivity contribution in [2.45, 2.75) is 122 Å². The van der Waals surface area contributed by atoms with Crippen molar-refractivity contribution in [3.8, 4) is 0 Å². The Bertz CT molecular complexity index is 1610. The topological polar surface area (TPSA) is 187 Å². The highest BCUT2D eigenvalue weighted by Gasteiger charge is 2.66. The molecule has 0 bridgehead atoms. The summed E-state index contributed by atoms with van der Waals surface area (Å²) in [4.78, 5) is 77.9. The van der Waals surface area contributed by atoms with Gasteiger partial charge in [0.1, 0.15) is 29.6 Å². The maximum atomic E-state index is 14.3. The van der Waals surface area contributed by atoms with E-state index in [0.29, 0.717) is 31.6 Å². The second-order valence-electron chi connectivity index (χ2n) is 15.3. The number of carbonyl (C=O) groups is 4. The predicted molar refractivity (Wildman–Crippen MR) is 195 cm³/mol. The number of hydrogen-bond acceptors (Lipinski definition) is 8. The number of nitrogens with one attached hydrogen (secondary N) is 3. The number of carbonyl (C=O) groups excluding carboxylic acids is 4. The van der Waals surface area contributed by atoms with E-state index in [1.807, 2.05) is 18.7 Å². The molecular weight excluding hydrogens is 734 g/mol. The number of benzene rings is 1. The van der Waals surface area contributed by atoms with E-state index in [9.17, 15) is 46.7 Å². The molecule has 0 radical (unpaired) electrons. The second kappa shape index (κ2) is 16.9. The molecule has 1 aromatic carbocycles. The van der Waals surface area contributed by atoms with E-state index in [0.717, 1.165) is 42.7 Å². The predicted octanol–water partition coefficient (Wildman–Crippen LogP) is 6.13. The number of piperidine rings is 1. The molecule has 14 nitrogen and oxygen atoms in total. The van der Waals surface area contributed by atoms with Gasteiger partial charge in [0.2, 0.25) is 11.8 Å². The Labute approximate surface area is 313 Å². The van der Waals surface area contributed by atoms with Crippen molar-refractivity contribution >= 4 is 43.0 Å². The summed E-state index contributed by atoms with van der Waals surface area (Å²) in [5.74, 6) is -2.43. The number of rotatable bonds is 13. The summed E-state index contributed by atoms with van der Waals surface area (Å²) in [7, 11) is -4.92. The zero-order chi connectivity index (χ0) is 40.2. The molecule has 1 aromatic rings. The van der Waals surface area contributed by atoms with Crippen LogP contribution in [-0.4, -0.2) is 87.9 Å². The fourth-order valence-electron chi connectivity index (χ4n) is 7.08. The molecule has 0 aromatic heterocycles. The van der Waals surface area contributed by atoms with E-state index in [-0.39, 0.29) is 25.1 Å². The Balaban J connectivity index is 1.61. The van der Waals surface area contributed by atoms with E-state index in [1.54, 1.807) is 20.8 Å². The molecule has 2 aliphatic heterocycles. The summed E-state index contributed by atoms with van der Waals surface area (Å²) in [6.07, 6.45) is -2.89. The van der Waals surface area contributed by atoms with Crippen molar-refractivity contribution in [1.82, 2.24) is 15.5 Å². The average Bonchev–Trinajstić information content (AvgIpc) is 3.66.